The van der Waals surface area contributed by atoms with E-state index in [9.17, 15) is 4.79 Å². The lowest BCUT2D eigenvalue weighted by Gasteiger charge is -1.95. The Morgan fingerprint density at radius 2 is 2.15 bits per heavy atom. The molecule has 0 spiro atoms. The number of methoxy groups -OCH3 is 1. The van der Waals surface area contributed by atoms with Crippen molar-refractivity contribution < 1.29 is 9.53 Å². The summed E-state index contributed by atoms with van der Waals surface area (Å²) in [6.45, 7) is 3.58. The molecule has 0 fully saturated rings. The largest absolute Gasteiger partial charge is 0.465 e. The van der Waals surface area contributed by atoms with E-state index >= 15 is 0 Å². The Morgan fingerprint density at radius 1 is 1.54 bits per heavy atom. The van der Waals surface area contributed by atoms with Crippen molar-refractivity contribution in [2.75, 3.05) is 7.11 Å². The minimum absolute atomic E-state index is 0.368. The summed E-state index contributed by atoms with van der Waals surface area (Å²) in [7, 11) is 1.34. The summed E-state index contributed by atoms with van der Waals surface area (Å²) in [6.07, 6.45) is 0. The number of thiophene rings is 1. The fourth-order valence-corrected chi connectivity index (χ4v) is 2.14. The topological polar surface area (TPSA) is 50.1 Å². The molecular formula is C9H9NO2S. The summed E-state index contributed by atoms with van der Waals surface area (Å²) in [6, 6.07) is 2.07. The van der Waals surface area contributed by atoms with Gasteiger partial charge in [0.25, 0.3) is 0 Å². The third kappa shape index (κ3) is 1.56. The molecular weight excluding hydrogens is 186 g/mol. The van der Waals surface area contributed by atoms with Gasteiger partial charge in [0, 0.05) is 4.88 Å². The molecule has 0 bridgehead atoms. The standard InChI is InChI=1S/C9H9NO2S/c1-5-7(4-10)6(2)13-8(5)9(11)12-3/h1-3H3. The lowest BCUT2D eigenvalue weighted by atomic mass is 10.1. The minimum atomic E-state index is -0.368. The molecule has 68 valence electrons. The molecule has 0 aromatic carbocycles. The predicted molar refractivity (Wildman–Crippen MR) is 49.8 cm³/mol. The molecule has 0 aliphatic rings. The third-order valence-corrected chi connectivity index (χ3v) is 2.99. The molecule has 4 heteroatoms. The quantitative estimate of drug-likeness (QED) is 0.644. The first-order valence-corrected chi connectivity index (χ1v) is 4.51. The summed E-state index contributed by atoms with van der Waals surface area (Å²) in [5.41, 5.74) is 1.31. The van der Waals surface area contributed by atoms with Crippen LogP contribution in [0.1, 0.15) is 25.7 Å². The zero-order chi connectivity index (χ0) is 10.0. The summed E-state index contributed by atoms with van der Waals surface area (Å²) in [5.74, 6) is -0.368. The van der Waals surface area contributed by atoms with Crippen LogP contribution in [0, 0.1) is 25.2 Å². The Bertz CT molecular complexity index is 387. The Hall–Kier alpha value is -1.34. The van der Waals surface area contributed by atoms with Gasteiger partial charge in [-0.1, -0.05) is 0 Å². The maximum absolute atomic E-state index is 11.2. The van der Waals surface area contributed by atoms with Crippen molar-refractivity contribution in [3.63, 3.8) is 0 Å². The number of carbonyl (C=O) groups is 1. The molecule has 0 radical (unpaired) electrons. The zero-order valence-corrected chi connectivity index (χ0v) is 8.49. The first kappa shape index (κ1) is 9.75. The second kappa shape index (κ2) is 3.58. The summed E-state index contributed by atoms with van der Waals surface area (Å²) >= 11 is 1.30. The van der Waals surface area contributed by atoms with Gasteiger partial charge in [-0.25, -0.2) is 4.79 Å². The number of ether oxygens (including phenoxy) is 1. The van der Waals surface area contributed by atoms with Crippen molar-refractivity contribution in [1.82, 2.24) is 0 Å². The zero-order valence-electron chi connectivity index (χ0n) is 7.67. The van der Waals surface area contributed by atoms with E-state index in [-0.39, 0.29) is 5.97 Å². The normalized spacial score (nSPS) is 9.38. The summed E-state index contributed by atoms with van der Waals surface area (Å²) < 4.78 is 4.59. The van der Waals surface area contributed by atoms with Crippen LogP contribution in [-0.2, 0) is 4.74 Å². The maximum atomic E-state index is 11.2. The Morgan fingerprint density at radius 3 is 2.54 bits per heavy atom. The highest BCUT2D eigenvalue weighted by atomic mass is 32.1. The van der Waals surface area contributed by atoms with Crippen LogP contribution in [0.4, 0.5) is 0 Å². The molecule has 0 saturated heterocycles. The number of nitriles is 1. The second-order valence-electron chi connectivity index (χ2n) is 2.59. The molecule has 0 unspecified atom stereocenters. The molecule has 0 atom stereocenters. The van der Waals surface area contributed by atoms with Crippen LogP contribution in [0.5, 0.6) is 0 Å². The predicted octanol–water partition coefficient (Wildman–Crippen LogP) is 2.02. The van der Waals surface area contributed by atoms with Crippen molar-refractivity contribution in [1.29, 1.82) is 5.26 Å². The van der Waals surface area contributed by atoms with Crippen LogP contribution in [0.3, 0.4) is 0 Å². The Labute approximate surface area is 80.6 Å². The molecule has 0 aliphatic heterocycles. The van der Waals surface area contributed by atoms with Crippen LogP contribution in [-0.4, -0.2) is 13.1 Å². The maximum Gasteiger partial charge on any atom is 0.348 e. The number of hydrogen-bond donors (Lipinski definition) is 0. The van der Waals surface area contributed by atoms with E-state index in [1.54, 1.807) is 6.92 Å². The van der Waals surface area contributed by atoms with E-state index < -0.39 is 0 Å². The molecule has 0 N–H and O–H groups in total. The van der Waals surface area contributed by atoms with E-state index in [0.29, 0.717) is 10.4 Å². The SMILES string of the molecule is COC(=O)c1sc(C)c(C#N)c1C. The fourth-order valence-electron chi connectivity index (χ4n) is 1.11. The van der Waals surface area contributed by atoms with E-state index in [1.807, 2.05) is 6.92 Å². The second-order valence-corrected chi connectivity index (χ2v) is 3.82. The highest BCUT2D eigenvalue weighted by Gasteiger charge is 2.17. The van der Waals surface area contributed by atoms with Gasteiger partial charge in [0.15, 0.2) is 0 Å². The van der Waals surface area contributed by atoms with Crippen LogP contribution in [0.25, 0.3) is 0 Å². The fraction of sp³-hybridized carbons (Fsp3) is 0.333. The van der Waals surface area contributed by atoms with E-state index in [0.717, 1.165) is 10.4 Å². The molecule has 0 amide bonds. The van der Waals surface area contributed by atoms with Crippen molar-refractivity contribution in [2.24, 2.45) is 0 Å². The van der Waals surface area contributed by atoms with E-state index in [4.69, 9.17) is 5.26 Å². The highest BCUT2D eigenvalue weighted by molar-refractivity contribution is 7.14. The van der Waals surface area contributed by atoms with Crippen LogP contribution in [0.15, 0.2) is 0 Å². The molecule has 13 heavy (non-hydrogen) atoms. The summed E-state index contributed by atoms with van der Waals surface area (Å²) in [5, 5.41) is 8.77. The van der Waals surface area contributed by atoms with Gasteiger partial charge in [-0.2, -0.15) is 5.26 Å². The van der Waals surface area contributed by atoms with Gasteiger partial charge in [0.2, 0.25) is 0 Å². The number of nitrogens with zero attached hydrogens (tertiary/aromatic N) is 1. The lowest BCUT2D eigenvalue weighted by molar-refractivity contribution is 0.0605. The van der Waals surface area contributed by atoms with Gasteiger partial charge in [0.1, 0.15) is 10.9 Å². The van der Waals surface area contributed by atoms with Crippen LogP contribution < -0.4 is 0 Å². The Balaban J connectivity index is 3.28. The molecule has 1 heterocycles. The first-order valence-electron chi connectivity index (χ1n) is 3.70. The Kier molecular flexibility index (Phi) is 2.69. The number of esters is 1. The molecule has 0 aliphatic carbocycles. The minimum Gasteiger partial charge on any atom is -0.465 e. The number of hydrogen-bond acceptors (Lipinski definition) is 4. The van der Waals surface area contributed by atoms with Crippen molar-refractivity contribution in [3.05, 3.63) is 20.9 Å². The molecule has 1 aromatic heterocycles. The number of rotatable bonds is 1. The van der Waals surface area contributed by atoms with Crippen molar-refractivity contribution >= 4 is 17.3 Å². The van der Waals surface area contributed by atoms with Gasteiger partial charge in [-0.05, 0) is 19.4 Å². The molecule has 1 aromatic rings. The van der Waals surface area contributed by atoms with Crippen molar-refractivity contribution in [3.8, 4) is 6.07 Å². The molecule has 0 saturated carbocycles. The highest BCUT2D eigenvalue weighted by Crippen LogP contribution is 2.26. The summed E-state index contributed by atoms with van der Waals surface area (Å²) in [4.78, 5) is 12.6. The first-order chi connectivity index (χ1) is 6.11. The molecule has 3 nitrogen and oxygen atoms in total. The van der Waals surface area contributed by atoms with E-state index in [2.05, 4.69) is 10.8 Å². The van der Waals surface area contributed by atoms with E-state index in [1.165, 1.54) is 18.4 Å². The third-order valence-electron chi connectivity index (χ3n) is 1.81. The average Bonchev–Trinajstić information content (AvgIpc) is 2.40. The van der Waals surface area contributed by atoms with Gasteiger partial charge >= 0.3 is 5.97 Å². The van der Waals surface area contributed by atoms with Gasteiger partial charge in [-0.15, -0.1) is 11.3 Å². The van der Waals surface area contributed by atoms with Crippen LogP contribution in [0.2, 0.25) is 0 Å². The smallest absolute Gasteiger partial charge is 0.348 e. The van der Waals surface area contributed by atoms with Crippen LogP contribution >= 0.6 is 11.3 Å². The van der Waals surface area contributed by atoms with Gasteiger partial charge in [0.05, 0.1) is 12.7 Å². The molecule has 1 rings (SSSR count). The average molecular weight is 195 g/mol. The van der Waals surface area contributed by atoms with Crippen molar-refractivity contribution in [2.45, 2.75) is 13.8 Å². The monoisotopic (exact) mass is 195 g/mol. The lowest BCUT2D eigenvalue weighted by Crippen LogP contribution is -1.99. The number of aryl methyl sites for hydroxylation is 1. The van der Waals surface area contributed by atoms with Gasteiger partial charge < -0.3 is 4.74 Å². The number of carbonyl (C=O) groups excluding carboxylic acids is 1. The van der Waals surface area contributed by atoms with Gasteiger partial charge in [-0.3, -0.25) is 0 Å².